The summed E-state index contributed by atoms with van der Waals surface area (Å²) < 4.78 is 2.61. The van der Waals surface area contributed by atoms with E-state index in [9.17, 15) is 0 Å². The number of rotatable bonds is 6. The topological polar surface area (TPSA) is 33.1 Å². The Balaban J connectivity index is 1.74. The summed E-state index contributed by atoms with van der Waals surface area (Å²) in [7, 11) is 0. The standard InChI is InChI=1S/C24H34N4S/c1-4-5-15-27-23(22(26-24(27)29)21-13-9-10-14-25-21)20-16-17(2)28(18(20)3)19-11-7-6-8-12-19/h9-10,13-14,16,19,22-23H,4-8,11-12,15H2,1-3H3,(H,26,29). The maximum Gasteiger partial charge on any atom is 0.170 e. The van der Waals surface area contributed by atoms with Gasteiger partial charge in [-0.25, -0.2) is 0 Å². The quantitative estimate of drug-likeness (QED) is 0.612. The minimum Gasteiger partial charge on any atom is -0.352 e. The summed E-state index contributed by atoms with van der Waals surface area (Å²) in [6.45, 7) is 7.82. The first-order valence-corrected chi connectivity index (χ1v) is 11.7. The number of aromatic nitrogens is 2. The fraction of sp³-hybridized carbons (Fsp3) is 0.583. The molecule has 0 spiro atoms. The Morgan fingerprint density at radius 3 is 2.66 bits per heavy atom. The molecule has 0 amide bonds. The Bertz CT molecular complexity index is 838. The van der Waals surface area contributed by atoms with Gasteiger partial charge >= 0.3 is 0 Å². The normalized spacial score (nSPS) is 22.9. The van der Waals surface area contributed by atoms with Gasteiger partial charge in [-0.15, -0.1) is 0 Å². The number of nitrogens with one attached hydrogen (secondary N) is 1. The lowest BCUT2D eigenvalue weighted by Gasteiger charge is -2.29. The fourth-order valence-corrected chi connectivity index (χ4v) is 5.65. The van der Waals surface area contributed by atoms with Gasteiger partial charge in [0.05, 0.1) is 17.8 Å². The van der Waals surface area contributed by atoms with Crippen LogP contribution in [0.3, 0.4) is 0 Å². The van der Waals surface area contributed by atoms with Crippen LogP contribution in [0.5, 0.6) is 0 Å². The molecule has 4 nitrogen and oxygen atoms in total. The highest BCUT2D eigenvalue weighted by Crippen LogP contribution is 2.42. The molecule has 1 saturated heterocycles. The van der Waals surface area contributed by atoms with E-state index in [2.05, 4.69) is 58.7 Å². The molecule has 2 aromatic heterocycles. The zero-order valence-corrected chi connectivity index (χ0v) is 18.8. The molecule has 1 N–H and O–H groups in total. The van der Waals surface area contributed by atoms with Crippen LogP contribution in [-0.4, -0.2) is 26.1 Å². The second-order valence-corrected chi connectivity index (χ2v) is 9.05. The molecule has 2 unspecified atom stereocenters. The summed E-state index contributed by atoms with van der Waals surface area (Å²) in [5.74, 6) is 0. The van der Waals surface area contributed by atoms with Crippen molar-refractivity contribution in [2.75, 3.05) is 6.54 Å². The molecule has 1 saturated carbocycles. The van der Waals surface area contributed by atoms with Crippen molar-refractivity contribution in [2.45, 2.75) is 83.8 Å². The van der Waals surface area contributed by atoms with Crippen LogP contribution >= 0.6 is 12.2 Å². The lowest BCUT2D eigenvalue weighted by molar-refractivity contribution is 0.308. The second kappa shape index (κ2) is 8.86. The van der Waals surface area contributed by atoms with Crippen molar-refractivity contribution in [3.8, 4) is 0 Å². The molecule has 5 heteroatoms. The molecule has 0 radical (unpaired) electrons. The smallest absolute Gasteiger partial charge is 0.170 e. The van der Waals surface area contributed by atoms with Crippen LogP contribution in [0.2, 0.25) is 0 Å². The number of pyridine rings is 1. The molecular formula is C24H34N4S. The molecule has 1 aliphatic heterocycles. The van der Waals surface area contributed by atoms with E-state index in [1.165, 1.54) is 55.5 Å². The number of hydrogen-bond acceptors (Lipinski definition) is 2. The monoisotopic (exact) mass is 410 g/mol. The minimum absolute atomic E-state index is 0.0980. The summed E-state index contributed by atoms with van der Waals surface area (Å²) >= 11 is 5.80. The van der Waals surface area contributed by atoms with Gasteiger partial charge in [0.15, 0.2) is 5.11 Å². The van der Waals surface area contributed by atoms with Gasteiger partial charge in [0, 0.05) is 30.2 Å². The van der Waals surface area contributed by atoms with Crippen molar-refractivity contribution in [3.63, 3.8) is 0 Å². The number of nitrogens with zero attached hydrogens (tertiary/aromatic N) is 3. The van der Waals surface area contributed by atoms with Crippen LogP contribution in [0.15, 0.2) is 30.5 Å². The summed E-state index contributed by atoms with van der Waals surface area (Å²) in [5.41, 5.74) is 5.28. The lowest BCUT2D eigenvalue weighted by Crippen LogP contribution is -2.30. The van der Waals surface area contributed by atoms with Crippen LogP contribution in [0.1, 0.15) is 92.6 Å². The largest absolute Gasteiger partial charge is 0.352 e. The van der Waals surface area contributed by atoms with Crippen LogP contribution < -0.4 is 5.32 Å². The third kappa shape index (κ3) is 3.94. The van der Waals surface area contributed by atoms with Crippen molar-refractivity contribution in [1.82, 2.24) is 19.8 Å². The molecule has 2 fully saturated rings. The molecule has 3 heterocycles. The Morgan fingerprint density at radius 1 is 1.17 bits per heavy atom. The molecule has 156 valence electrons. The summed E-state index contributed by atoms with van der Waals surface area (Å²) in [4.78, 5) is 7.09. The highest BCUT2D eigenvalue weighted by atomic mass is 32.1. The molecule has 29 heavy (non-hydrogen) atoms. The highest BCUT2D eigenvalue weighted by Gasteiger charge is 2.41. The number of thiocarbonyl (C=S) groups is 1. The van der Waals surface area contributed by atoms with Gasteiger partial charge in [-0.05, 0) is 69.1 Å². The van der Waals surface area contributed by atoms with Gasteiger partial charge in [0.25, 0.3) is 0 Å². The maximum atomic E-state index is 5.80. The van der Waals surface area contributed by atoms with E-state index in [4.69, 9.17) is 12.2 Å². The average molecular weight is 411 g/mol. The molecule has 1 aliphatic carbocycles. The van der Waals surface area contributed by atoms with Gasteiger partial charge in [-0.3, -0.25) is 4.98 Å². The third-order valence-corrected chi connectivity index (χ3v) is 7.08. The van der Waals surface area contributed by atoms with Gasteiger partial charge in [-0.2, -0.15) is 0 Å². The van der Waals surface area contributed by atoms with E-state index in [0.717, 1.165) is 23.8 Å². The molecule has 2 aromatic rings. The van der Waals surface area contributed by atoms with E-state index in [-0.39, 0.29) is 12.1 Å². The number of unbranched alkanes of at least 4 members (excludes halogenated alkanes) is 1. The Hall–Kier alpha value is -1.88. The Morgan fingerprint density at radius 2 is 1.97 bits per heavy atom. The first-order chi connectivity index (χ1) is 14.1. The van der Waals surface area contributed by atoms with Crippen LogP contribution in [-0.2, 0) is 0 Å². The van der Waals surface area contributed by atoms with E-state index < -0.39 is 0 Å². The maximum absolute atomic E-state index is 5.80. The van der Waals surface area contributed by atoms with Crippen LogP contribution in [0.25, 0.3) is 0 Å². The number of hydrogen-bond donors (Lipinski definition) is 1. The third-order valence-electron chi connectivity index (χ3n) is 6.73. The average Bonchev–Trinajstić information content (AvgIpc) is 3.23. The minimum atomic E-state index is 0.0980. The molecule has 0 aromatic carbocycles. The summed E-state index contributed by atoms with van der Waals surface area (Å²) in [6.07, 6.45) is 10.9. The molecule has 2 aliphatic rings. The van der Waals surface area contributed by atoms with Crippen LogP contribution in [0, 0.1) is 13.8 Å². The first-order valence-electron chi connectivity index (χ1n) is 11.3. The van der Waals surface area contributed by atoms with Gasteiger partial charge in [0.2, 0.25) is 0 Å². The zero-order chi connectivity index (χ0) is 20.4. The van der Waals surface area contributed by atoms with Crippen molar-refractivity contribution in [3.05, 3.63) is 53.1 Å². The van der Waals surface area contributed by atoms with E-state index in [0.29, 0.717) is 6.04 Å². The summed E-state index contributed by atoms with van der Waals surface area (Å²) in [6, 6.07) is 9.54. The van der Waals surface area contributed by atoms with Crippen molar-refractivity contribution < 1.29 is 0 Å². The Labute approximate surface area is 180 Å². The predicted molar refractivity (Wildman–Crippen MR) is 123 cm³/mol. The summed E-state index contributed by atoms with van der Waals surface area (Å²) in [5, 5.41) is 4.46. The highest BCUT2D eigenvalue weighted by molar-refractivity contribution is 7.80. The molecular weight excluding hydrogens is 376 g/mol. The molecule has 4 rings (SSSR count). The van der Waals surface area contributed by atoms with E-state index in [1.807, 2.05) is 12.3 Å². The van der Waals surface area contributed by atoms with Gasteiger partial charge < -0.3 is 14.8 Å². The zero-order valence-electron chi connectivity index (χ0n) is 18.0. The van der Waals surface area contributed by atoms with Gasteiger partial charge in [0.1, 0.15) is 0 Å². The van der Waals surface area contributed by atoms with Gasteiger partial charge in [-0.1, -0.05) is 38.7 Å². The second-order valence-electron chi connectivity index (χ2n) is 8.66. The van der Waals surface area contributed by atoms with Crippen LogP contribution in [0.4, 0.5) is 0 Å². The lowest BCUT2D eigenvalue weighted by atomic mass is 9.94. The van der Waals surface area contributed by atoms with E-state index in [1.54, 1.807) is 0 Å². The van der Waals surface area contributed by atoms with Crippen molar-refractivity contribution in [2.24, 2.45) is 0 Å². The Kier molecular flexibility index (Phi) is 6.23. The molecule has 2 atom stereocenters. The SMILES string of the molecule is CCCCN1C(=S)NC(c2ccccn2)C1c1cc(C)n(C2CCCCC2)c1C. The first kappa shape index (κ1) is 20.4. The number of aryl methyl sites for hydroxylation is 1. The van der Waals surface area contributed by atoms with Crippen molar-refractivity contribution in [1.29, 1.82) is 0 Å². The molecule has 0 bridgehead atoms. The predicted octanol–water partition coefficient (Wildman–Crippen LogP) is 5.78. The van der Waals surface area contributed by atoms with Crippen molar-refractivity contribution >= 4 is 17.3 Å². The fourth-order valence-electron chi connectivity index (χ4n) is 5.32. The van der Waals surface area contributed by atoms with E-state index >= 15 is 0 Å².